The summed E-state index contributed by atoms with van der Waals surface area (Å²) in [7, 11) is -0.680. The molecule has 1 fully saturated rings. The quantitative estimate of drug-likeness (QED) is 0.483. The Morgan fingerprint density at radius 3 is 2.40 bits per heavy atom. The molecule has 0 saturated carbocycles. The SMILES string of the molecule is CCOC(=O)c1ccc(N)c(C=C(CO)B2OC(C)(C)C(C)(C)O2)c1. The van der Waals surface area contributed by atoms with Crippen LogP contribution in [0.3, 0.4) is 0 Å². The Kier molecular flexibility index (Phi) is 5.61. The third-order valence-electron chi connectivity index (χ3n) is 4.68. The molecule has 0 spiro atoms. The van der Waals surface area contributed by atoms with Gasteiger partial charge in [-0.05, 0) is 63.9 Å². The van der Waals surface area contributed by atoms with Crippen LogP contribution in [-0.2, 0) is 14.0 Å². The van der Waals surface area contributed by atoms with Gasteiger partial charge in [0, 0.05) is 5.69 Å². The van der Waals surface area contributed by atoms with Crippen LogP contribution in [-0.4, -0.2) is 42.6 Å². The molecule has 0 radical (unpaired) electrons. The van der Waals surface area contributed by atoms with Gasteiger partial charge in [-0.25, -0.2) is 4.79 Å². The van der Waals surface area contributed by atoms with Gasteiger partial charge in [-0.3, -0.25) is 0 Å². The summed E-state index contributed by atoms with van der Waals surface area (Å²) in [6.07, 6.45) is 1.69. The summed E-state index contributed by atoms with van der Waals surface area (Å²) in [5, 5.41) is 9.78. The third kappa shape index (κ3) is 4.06. The number of carbonyl (C=O) groups is 1. The Bertz CT molecular complexity index is 668. The summed E-state index contributed by atoms with van der Waals surface area (Å²) >= 11 is 0. The molecule has 136 valence electrons. The number of aliphatic hydroxyl groups is 1. The highest BCUT2D eigenvalue weighted by Crippen LogP contribution is 2.38. The molecule has 1 aliphatic rings. The zero-order valence-corrected chi connectivity index (χ0v) is 15.5. The van der Waals surface area contributed by atoms with Crippen LogP contribution in [0, 0.1) is 0 Å². The fourth-order valence-electron chi connectivity index (χ4n) is 2.42. The Balaban J connectivity index is 2.34. The van der Waals surface area contributed by atoms with E-state index in [9.17, 15) is 9.90 Å². The van der Waals surface area contributed by atoms with Gasteiger partial charge in [0.1, 0.15) is 0 Å². The Hall–Kier alpha value is -1.83. The number of hydrogen-bond acceptors (Lipinski definition) is 6. The molecule has 0 amide bonds. The van der Waals surface area contributed by atoms with Gasteiger partial charge in [-0.1, -0.05) is 6.08 Å². The second-order valence-corrected chi connectivity index (χ2v) is 7.03. The lowest BCUT2D eigenvalue weighted by Gasteiger charge is -2.32. The molecule has 25 heavy (non-hydrogen) atoms. The second-order valence-electron chi connectivity index (χ2n) is 7.03. The van der Waals surface area contributed by atoms with Gasteiger partial charge in [-0.2, -0.15) is 0 Å². The maximum Gasteiger partial charge on any atom is 0.492 e. The number of nitrogen functional groups attached to an aromatic ring is 1. The number of benzene rings is 1. The number of carbonyl (C=O) groups excluding carboxylic acids is 1. The van der Waals surface area contributed by atoms with Gasteiger partial charge >= 0.3 is 13.1 Å². The van der Waals surface area contributed by atoms with Crippen molar-refractivity contribution in [1.82, 2.24) is 0 Å². The van der Waals surface area contributed by atoms with E-state index in [1.165, 1.54) is 0 Å². The smallest absolute Gasteiger partial charge is 0.462 e. The number of rotatable bonds is 5. The monoisotopic (exact) mass is 347 g/mol. The number of aliphatic hydroxyl groups excluding tert-OH is 1. The highest BCUT2D eigenvalue weighted by molar-refractivity contribution is 6.55. The van der Waals surface area contributed by atoms with E-state index < -0.39 is 24.3 Å². The van der Waals surface area contributed by atoms with E-state index >= 15 is 0 Å². The van der Waals surface area contributed by atoms with Gasteiger partial charge in [0.25, 0.3) is 0 Å². The van der Waals surface area contributed by atoms with E-state index in [4.69, 9.17) is 19.8 Å². The van der Waals surface area contributed by atoms with Crippen molar-refractivity contribution >= 4 is 24.9 Å². The largest absolute Gasteiger partial charge is 0.492 e. The molecule has 3 N–H and O–H groups in total. The van der Waals surface area contributed by atoms with Crippen LogP contribution < -0.4 is 5.73 Å². The van der Waals surface area contributed by atoms with Crippen molar-refractivity contribution in [3.63, 3.8) is 0 Å². The van der Waals surface area contributed by atoms with E-state index in [1.807, 2.05) is 27.7 Å². The molecule has 1 heterocycles. The Morgan fingerprint density at radius 1 is 1.28 bits per heavy atom. The van der Waals surface area contributed by atoms with Crippen molar-refractivity contribution < 1.29 is 23.9 Å². The van der Waals surface area contributed by atoms with Crippen LogP contribution in [0.25, 0.3) is 6.08 Å². The van der Waals surface area contributed by atoms with Crippen LogP contribution in [0.5, 0.6) is 0 Å². The predicted molar refractivity (Wildman–Crippen MR) is 98.0 cm³/mol. The number of ether oxygens (including phenoxy) is 1. The zero-order valence-electron chi connectivity index (χ0n) is 15.5. The Labute approximate surface area is 149 Å². The molecule has 1 aromatic rings. The standard InChI is InChI=1S/C18H26BNO5/c1-6-23-16(22)12-7-8-15(20)13(9-12)10-14(11-21)19-24-17(2,3)18(4,5)25-19/h7-10,21H,6,11,20H2,1-5H3. The molecule has 1 aromatic carbocycles. The van der Waals surface area contributed by atoms with E-state index in [1.54, 1.807) is 31.2 Å². The predicted octanol–water partition coefficient (Wildman–Crippen LogP) is 2.45. The van der Waals surface area contributed by atoms with Crippen molar-refractivity contribution in [2.45, 2.75) is 45.8 Å². The third-order valence-corrected chi connectivity index (χ3v) is 4.68. The normalized spacial score (nSPS) is 19.1. The summed E-state index contributed by atoms with van der Waals surface area (Å²) in [5.74, 6) is -0.418. The van der Waals surface area contributed by atoms with Crippen molar-refractivity contribution in [2.24, 2.45) is 0 Å². The first-order chi connectivity index (χ1) is 11.6. The Morgan fingerprint density at radius 2 is 1.88 bits per heavy atom. The van der Waals surface area contributed by atoms with Crippen molar-refractivity contribution in [3.8, 4) is 0 Å². The van der Waals surface area contributed by atoms with Crippen molar-refractivity contribution in [3.05, 3.63) is 34.8 Å². The lowest BCUT2D eigenvalue weighted by molar-refractivity contribution is 0.00578. The molecule has 2 rings (SSSR count). The average Bonchev–Trinajstić information content (AvgIpc) is 2.74. The second kappa shape index (κ2) is 7.19. The van der Waals surface area contributed by atoms with E-state index in [-0.39, 0.29) is 6.61 Å². The summed E-state index contributed by atoms with van der Waals surface area (Å²) in [6, 6.07) is 4.88. The molecule has 7 heteroatoms. The van der Waals surface area contributed by atoms with Crippen LogP contribution in [0.15, 0.2) is 23.7 Å². The molecule has 0 unspecified atom stereocenters. The number of anilines is 1. The molecule has 0 atom stereocenters. The molecule has 0 aliphatic carbocycles. The first-order valence-electron chi connectivity index (χ1n) is 8.35. The molecule has 0 aromatic heterocycles. The molecular weight excluding hydrogens is 321 g/mol. The first kappa shape index (κ1) is 19.5. The molecule has 0 bridgehead atoms. The summed E-state index contributed by atoms with van der Waals surface area (Å²) in [6.45, 7) is 9.56. The van der Waals surface area contributed by atoms with Crippen LogP contribution >= 0.6 is 0 Å². The van der Waals surface area contributed by atoms with Crippen molar-refractivity contribution in [1.29, 1.82) is 0 Å². The number of esters is 1. The summed E-state index contributed by atoms with van der Waals surface area (Å²) < 4.78 is 16.9. The fourth-order valence-corrected chi connectivity index (χ4v) is 2.42. The highest BCUT2D eigenvalue weighted by atomic mass is 16.7. The van der Waals surface area contributed by atoms with E-state index in [2.05, 4.69) is 0 Å². The molecule has 6 nitrogen and oxygen atoms in total. The zero-order chi connectivity index (χ0) is 18.8. The fraction of sp³-hybridized carbons (Fsp3) is 0.500. The van der Waals surface area contributed by atoms with Crippen LogP contribution in [0.2, 0.25) is 0 Å². The molecule has 1 saturated heterocycles. The van der Waals surface area contributed by atoms with Gasteiger partial charge in [0.15, 0.2) is 0 Å². The van der Waals surface area contributed by atoms with E-state index in [0.29, 0.717) is 28.9 Å². The highest BCUT2D eigenvalue weighted by Gasteiger charge is 2.52. The average molecular weight is 347 g/mol. The maximum absolute atomic E-state index is 11.9. The minimum atomic E-state index is -0.680. The van der Waals surface area contributed by atoms with Gasteiger partial charge in [0.2, 0.25) is 0 Å². The number of nitrogens with two attached hydrogens (primary N) is 1. The van der Waals surface area contributed by atoms with Crippen molar-refractivity contribution in [2.75, 3.05) is 18.9 Å². The van der Waals surface area contributed by atoms with Gasteiger partial charge in [0.05, 0.1) is 30.0 Å². The summed E-state index contributed by atoms with van der Waals surface area (Å²) in [5.41, 5.74) is 7.01. The minimum Gasteiger partial charge on any atom is -0.462 e. The van der Waals surface area contributed by atoms with Crippen LogP contribution in [0.1, 0.15) is 50.5 Å². The van der Waals surface area contributed by atoms with E-state index in [0.717, 1.165) is 0 Å². The maximum atomic E-state index is 11.9. The summed E-state index contributed by atoms with van der Waals surface area (Å²) in [4.78, 5) is 11.9. The lowest BCUT2D eigenvalue weighted by atomic mass is 9.77. The molecular formula is C18H26BNO5. The lowest BCUT2D eigenvalue weighted by Crippen LogP contribution is -2.41. The minimum absolute atomic E-state index is 0.250. The van der Waals surface area contributed by atoms with Crippen LogP contribution in [0.4, 0.5) is 5.69 Å². The van der Waals surface area contributed by atoms with Gasteiger partial charge in [-0.15, -0.1) is 0 Å². The number of hydrogen-bond donors (Lipinski definition) is 2. The van der Waals surface area contributed by atoms with Gasteiger partial charge < -0.3 is 24.9 Å². The molecule has 1 aliphatic heterocycles. The first-order valence-corrected chi connectivity index (χ1v) is 8.35. The topological polar surface area (TPSA) is 91.0 Å².